The molecule has 0 radical (unpaired) electrons. The van der Waals surface area contributed by atoms with E-state index in [1.165, 1.54) is 25.7 Å². The molecule has 0 aromatic carbocycles. The van der Waals surface area contributed by atoms with Crippen molar-refractivity contribution in [2.75, 3.05) is 6.61 Å². The first-order valence-electron chi connectivity index (χ1n) is 8.20. The van der Waals surface area contributed by atoms with Crippen molar-refractivity contribution in [2.45, 2.75) is 87.8 Å². The molecule has 2 aliphatic rings. The first-order valence-corrected chi connectivity index (χ1v) is 9.14. The number of carbonyl (C=O) groups excluding carboxylic acids is 1. The van der Waals surface area contributed by atoms with Gasteiger partial charge in [-0.1, -0.05) is 13.8 Å². The number of hydrogen-bond donors (Lipinski definition) is 1. The second-order valence-electron chi connectivity index (χ2n) is 6.29. The molecule has 3 unspecified atom stereocenters. The summed E-state index contributed by atoms with van der Waals surface area (Å²) in [6.45, 7) is 6.91. The van der Waals surface area contributed by atoms with E-state index in [1.54, 1.807) is 0 Å². The zero-order valence-corrected chi connectivity index (χ0v) is 13.9. The molecule has 116 valence electrons. The summed E-state index contributed by atoms with van der Waals surface area (Å²) in [5.41, 5.74) is -0.402. The Balaban J connectivity index is 2.02. The van der Waals surface area contributed by atoms with Crippen molar-refractivity contribution in [3.8, 4) is 0 Å². The Kier molecular flexibility index (Phi) is 5.79. The molecule has 2 rings (SSSR count). The molecule has 0 spiro atoms. The Hall–Kier alpha value is -0.220. The molecule has 0 aromatic heterocycles. The highest BCUT2D eigenvalue weighted by Gasteiger charge is 2.47. The number of hydrogen-bond acceptors (Lipinski definition) is 4. The molecule has 2 fully saturated rings. The van der Waals surface area contributed by atoms with Gasteiger partial charge in [0.2, 0.25) is 0 Å². The van der Waals surface area contributed by atoms with E-state index < -0.39 is 5.54 Å². The zero-order valence-electron chi connectivity index (χ0n) is 13.1. The van der Waals surface area contributed by atoms with Crippen LogP contribution in [0.5, 0.6) is 0 Å². The van der Waals surface area contributed by atoms with Gasteiger partial charge in [-0.2, -0.15) is 11.8 Å². The van der Waals surface area contributed by atoms with Gasteiger partial charge in [-0.3, -0.25) is 10.1 Å². The molecule has 2 aliphatic carbocycles. The van der Waals surface area contributed by atoms with Crippen LogP contribution in [0.3, 0.4) is 0 Å². The van der Waals surface area contributed by atoms with Gasteiger partial charge in [0.25, 0.3) is 0 Å². The molecule has 0 amide bonds. The molecule has 2 saturated carbocycles. The van der Waals surface area contributed by atoms with E-state index >= 15 is 0 Å². The van der Waals surface area contributed by atoms with Crippen molar-refractivity contribution in [2.24, 2.45) is 0 Å². The number of carbonyl (C=O) groups is 1. The van der Waals surface area contributed by atoms with Gasteiger partial charge in [0.05, 0.1) is 6.61 Å². The SMILES string of the molecule is CCOC(=O)C1(NC2CC2)CCCC(SC(C)CC)C1. The first-order chi connectivity index (χ1) is 9.59. The summed E-state index contributed by atoms with van der Waals surface area (Å²) < 4.78 is 5.38. The second kappa shape index (κ2) is 7.17. The molecular weight excluding hydrogens is 270 g/mol. The summed E-state index contributed by atoms with van der Waals surface area (Å²) in [5, 5.41) is 4.90. The molecule has 0 aliphatic heterocycles. The average Bonchev–Trinajstić information content (AvgIpc) is 3.23. The van der Waals surface area contributed by atoms with Crippen molar-refractivity contribution in [1.82, 2.24) is 5.32 Å². The second-order valence-corrected chi connectivity index (χ2v) is 8.04. The quantitative estimate of drug-likeness (QED) is 0.730. The number of rotatable bonds is 7. The lowest BCUT2D eigenvalue weighted by atomic mass is 9.81. The lowest BCUT2D eigenvalue weighted by Crippen LogP contribution is -2.57. The van der Waals surface area contributed by atoms with Crippen molar-refractivity contribution in [1.29, 1.82) is 0 Å². The maximum atomic E-state index is 12.5. The van der Waals surface area contributed by atoms with E-state index in [-0.39, 0.29) is 5.97 Å². The fourth-order valence-electron chi connectivity index (χ4n) is 3.03. The van der Waals surface area contributed by atoms with Gasteiger partial charge in [0, 0.05) is 16.5 Å². The summed E-state index contributed by atoms with van der Waals surface area (Å²) in [6.07, 6.45) is 7.88. The molecular formula is C16H29NO2S. The van der Waals surface area contributed by atoms with Crippen LogP contribution >= 0.6 is 11.8 Å². The Labute approximate surface area is 127 Å². The topological polar surface area (TPSA) is 38.3 Å². The highest BCUT2D eigenvalue weighted by Crippen LogP contribution is 2.39. The third kappa shape index (κ3) is 4.14. The highest BCUT2D eigenvalue weighted by molar-refractivity contribution is 8.00. The summed E-state index contributed by atoms with van der Waals surface area (Å²) in [7, 11) is 0. The van der Waals surface area contributed by atoms with Gasteiger partial charge in [0.15, 0.2) is 0 Å². The monoisotopic (exact) mass is 299 g/mol. The predicted octanol–water partition coefficient (Wildman–Crippen LogP) is 3.51. The minimum Gasteiger partial charge on any atom is -0.465 e. The molecule has 1 N–H and O–H groups in total. The van der Waals surface area contributed by atoms with Gasteiger partial charge in [-0.15, -0.1) is 0 Å². The summed E-state index contributed by atoms with van der Waals surface area (Å²) in [6, 6.07) is 0.548. The Bertz CT molecular complexity index is 332. The number of ether oxygens (including phenoxy) is 1. The smallest absolute Gasteiger partial charge is 0.326 e. The number of nitrogens with one attached hydrogen (secondary N) is 1. The number of esters is 1. The first kappa shape index (κ1) is 16.2. The minimum absolute atomic E-state index is 0.0126. The third-order valence-corrected chi connectivity index (χ3v) is 6.01. The minimum atomic E-state index is -0.402. The Morgan fingerprint density at radius 3 is 2.75 bits per heavy atom. The molecule has 0 heterocycles. The van der Waals surface area contributed by atoms with Crippen LogP contribution in [0.1, 0.15) is 65.7 Å². The van der Waals surface area contributed by atoms with Gasteiger partial charge in [0.1, 0.15) is 5.54 Å². The molecule has 3 atom stereocenters. The maximum absolute atomic E-state index is 12.5. The predicted molar refractivity (Wildman–Crippen MR) is 85.1 cm³/mol. The third-order valence-electron chi connectivity index (χ3n) is 4.43. The van der Waals surface area contributed by atoms with Crippen molar-refractivity contribution < 1.29 is 9.53 Å². The molecule has 20 heavy (non-hydrogen) atoms. The van der Waals surface area contributed by atoms with Crippen LogP contribution in [0.25, 0.3) is 0 Å². The summed E-state index contributed by atoms with van der Waals surface area (Å²) >= 11 is 2.06. The Morgan fingerprint density at radius 1 is 1.40 bits per heavy atom. The van der Waals surface area contributed by atoms with E-state index in [4.69, 9.17) is 4.74 Å². The van der Waals surface area contributed by atoms with E-state index in [0.717, 1.165) is 19.3 Å². The largest absolute Gasteiger partial charge is 0.465 e. The van der Waals surface area contributed by atoms with Crippen LogP contribution in [0.4, 0.5) is 0 Å². The van der Waals surface area contributed by atoms with Gasteiger partial charge >= 0.3 is 5.97 Å². The summed E-state index contributed by atoms with van der Waals surface area (Å²) in [4.78, 5) is 12.5. The van der Waals surface area contributed by atoms with E-state index in [0.29, 0.717) is 23.1 Å². The van der Waals surface area contributed by atoms with Crippen LogP contribution in [-0.2, 0) is 9.53 Å². The normalized spacial score (nSPS) is 31.9. The van der Waals surface area contributed by atoms with Crippen molar-refractivity contribution in [3.05, 3.63) is 0 Å². The molecule has 0 aromatic rings. The maximum Gasteiger partial charge on any atom is 0.326 e. The average molecular weight is 299 g/mol. The lowest BCUT2D eigenvalue weighted by Gasteiger charge is -2.40. The van der Waals surface area contributed by atoms with Crippen LogP contribution < -0.4 is 5.32 Å². The van der Waals surface area contributed by atoms with Gasteiger partial charge in [-0.05, 0) is 51.9 Å². The lowest BCUT2D eigenvalue weighted by molar-refractivity contribution is -0.152. The Morgan fingerprint density at radius 2 is 2.15 bits per heavy atom. The van der Waals surface area contributed by atoms with Gasteiger partial charge in [-0.25, -0.2) is 0 Å². The van der Waals surface area contributed by atoms with Crippen LogP contribution in [0.15, 0.2) is 0 Å². The van der Waals surface area contributed by atoms with Crippen LogP contribution in [0.2, 0.25) is 0 Å². The van der Waals surface area contributed by atoms with Crippen LogP contribution in [0, 0.1) is 0 Å². The fourth-order valence-corrected chi connectivity index (χ4v) is 4.56. The number of thioether (sulfide) groups is 1. The zero-order chi connectivity index (χ0) is 14.6. The standard InChI is InChI=1S/C16H29NO2S/c1-4-12(3)20-14-7-6-10-16(11-14,15(18)19-5-2)17-13-8-9-13/h12-14,17H,4-11H2,1-3H3. The molecule has 4 heteroatoms. The van der Waals surface area contributed by atoms with Gasteiger partial charge < -0.3 is 4.74 Å². The molecule has 0 saturated heterocycles. The molecule has 3 nitrogen and oxygen atoms in total. The van der Waals surface area contributed by atoms with E-state index in [2.05, 4.69) is 30.9 Å². The van der Waals surface area contributed by atoms with E-state index in [9.17, 15) is 4.79 Å². The van der Waals surface area contributed by atoms with Crippen molar-refractivity contribution >= 4 is 17.7 Å². The van der Waals surface area contributed by atoms with Crippen molar-refractivity contribution in [3.63, 3.8) is 0 Å². The highest BCUT2D eigenvalue weighted by atomic mass is 32.2. The van der Waals surface area contributed by atoms with E-state index in [1.807, 2.05) is 6.92 Å². The summed E-state index contributed by atoms with van der Waals surface area (Å²) in [5.74, 6) is -0.0126. The fraction of sp³-hybridized carbons (Fsp3) is 0.938. The van der Waals surface area contributed by atoms with Crippen LogP contribution in [-0.4, -0.2) is 34.7 Å². The molecule has 0 bridgehead atoms.